The average molecular weight is 539 g/mol. The van der Waals surface area contributed by atoms with Crippen molar-refractivity contribution in [2.45, 2.75) is 83.5 Å². The lowest BCUT2D eigenvalue weighted by Crippen LogP contribution is -2.45. The van der Waals surface area contributed by atoms with Gasteiger partial charge in [0, 0.05) is 19.2 Å². The van der Waals surface area contributed by atoms with Gasteiger partial charge in [0.15, 0.2) is 11.4 Å². The quantitative estimate of drug-likeness (QED) is 0.474. The monoisotopic (exact) mass is 538 g/mol. The number of benzene rings is 1. The summed E-state index contributed by atoms with van der Waals surface area (Å²) >= 11 is 0. The number of cyclic esters (lactones) is 1. The smallest absolute Gasteiger partial charge is 0.329 e. The van der Waals surface area contributed by atoms with Crippen LogP contribution in [0.5, 0.6) is 17.2 Å². The largest absolute Gasteiger partial charge is 0.493 e. The van der Waals surface area contributed by atoms with E-state index in [1.165, 1.54) is 52.0 Å². The summed E-state index contributed by atoms with van der Waals surface area (Å²) in [6.45, 7) is 3.08. The number of esters is 2. The van der Waals surface area contributed by atoms with E-state index in [4.69, 9.17) is 18.9 Å². The Bertz CT molecular complexity index is 1130. The summed E-state index contributed by atoms with van der Waals surface area (Å²) in [4.78, 5) is 42.3. The molecule has 0 bridgehead atoms. The van der Waals surface area contributed by atoms with E-state index in [9.17, 15) is 14.4 Å². The topological polar surface area (TPSA) is 113 Å². The van der Waals surface area contributed by atoms with Crippen LogP contribution < -0.4 is 19.5 Å². The molecule has 1 saturated carbocycles. The molecule has 1 aromatic carbocycles. The van der Waals surface area contributed by atoms with Gasteiger partial charge in [-0.15, -0.1) is 0 Å². The lowest BCUT2D eigenvalue weighted by Gasteiger charge is -2.33. The van der Waals surface area contributed by atoms with Crippen molar-refractivity contribution in [2.24, 2.45) is 11.8 Å². The van der Waals surface area contributed by atoms with Crippen molar-refractivity contribution < 1.29 is 33.3 Å². The molecule has 39 heavy (non-hydrogen) atoms. The van der Waals surface area contributed by atoms with Crippen molar-refractivity contribution in [1.29, 1.82) is 0 Å². The SMILES string of the molecule is COc1ccnc(C(=O)N[C@H]2CCC[C@H](CC3CCCC3)[C@@H](Oc3ccccc3)[C@H](C)OC2=O)c1OC(C)=O. The van der Waals surface area contributed by atoms with Crippen LogP contribution in [0.2, 0.25) is 0 Å². The van der Waals surface area contributed by atoms with Crippen molar-refractivity contribution in [3.8, 4) is 17.2 Å². The highest BCUT2D eigenvalue weighted by Crippen LogP contribution is 2.36. The predicted molar refractivity (Wildman–Crippen MR) is 144 cm³/mol. The molecule has 9 nitrogen and oxygen atoms in total. The second-order valence-corrected chi connectivity index (χ2v) is 10.4. The summed E-state index contributed by atoms with van der Waals surface area (Å²) in [6.07, 6.45) is 8.50. The Hall–Kier alpha value is -3.62. The van der Waals surface area contributed by atoms with Crippen molar-refractivity contribution in [2.75, 3.05) is 7.11 Å². The molecule has 1 aromatic heterocycles. The number of rotatable bonds is 8. The molecular formula is C30H38N2O7. The number of carbonyl (C=O) groups is 3. The molecule has 9 heteroatoms. The number of amides is 1. The summed E-state index contributed by atoms with van der Waals surface area (Å²) in [5.74, 6) is -0.114. The normalized spacial score (nSPS) is 24.0. The molecule has 0 radical (unpaired) electrons. The minimum atomic E-state index is -0.888. The molecule has 0 unspecified atom stereocenters. The van der Waals surface area contributed by atoms with Crippen LogP contribution in [-0.2, 0) is 14.3 Å². The van der Waals surface area contributed by atoms with Gasteiger partial charge in [0.1, 0.15) is 24.0 Å². The van der Waals surface area contributed by atoms with Gasteiger partial charge in [-0.1, -0.05) is 50.3 Å². The van der Waals surface area contributed by atoms with Crippen LogP contribution in [0.3, 0.4) is 0 Å². The maximum Gasteiger partial charge on any atom is 0.329 e. The van der Waals surface area contributed by atoms with Gasteiger partial charge in [-0.3, -0.25) is 9.59 Å². The Kier molecular flexibility index (Phi) is 9.79. The van der Waals surface area contributed by atoms with Gasteiger partial charge in [-0.2, -0.15) is 0 Å². The number of nitrogens with zero attached hydrogens (tertiary/aromatic N) is 1. The van der Waals surface area contributed by atoms with E-state index in [0.29, 0.717) is 18.8 Å². The first-order valence-corrected chi connectivity index (χ1v) is 13.8. The molecule has 1 N–H and O–H groups in total. The molecular weight excluding hydrogens is 500 g/mol. The fourth-order valence-corrected chi connectivity index (χ4v) is 5.71. The minimum Gasteiger partial charge on any atom is -0.493 e. The van der Waals surface area contributed by atoms with E-state index < -0.39 is 30.0 Å². The second-order valence-electron chi connectivity index (χ2n) is 10.4. The Morgan fingerprint density at radius 1 is 1.05 bits per heavy atom. The van der Waals surface area contributed by atoms with Crippen LogP contribution in [-0.4, -0.2) is 48.2 Å². The van der Waals surface area contributed by atoms with E-state index in [1.54, 1.807) is 0 Å². The first kappa shape index (κ1) is 28.4. The number of ether oxygens (including phenoxy) is 4. The third kappa shape index (κ3) is 7.49. The molecule has 4 rings (SSSR count). The molecule has 1 aliphatic carbocycles. The van der Waals surface area contributed by atoms with Gasteiger partial charge in [0.25, 0.3) is 5.91 Å². The molecule has 2 fully saturated rings. The zero-order chi connectivity index (χ0) is 27.8. The van der Waals surface area contributed by atoms with Gasteiger partial charge in [-0.25, -0.2) is 9.78 Å². The summed E-state index contributed by atoms with van der Waals surface area (Å²) in [6, 6.07) is 10.2. The van der Waals surface area contributed by atoms with Gasteiger partial charge in [-0.05, 0) is 50.2 Å². The minimum absolute atomic E-state index is 0.0947. The Labute approximate surface area is 229 Å². The lowest BCUT2D eigenvalue weighted by atomic mass is 9.83. The summed E-state index contributed by atoms with van der Waals surface area (Å²) < 4.78 is 22.8. The number of hydrogen-bond donors (Lipinski definition) is 1. The van der Waals surface area contributed by atoms with Crippen LogP contribution in [0.25, 0.3) is 0 Å². The Balaban J connectivity index is 1.53. The molecule has 2 aromatic rings. The molecule has 2 heterocycles. The molecule has 2 aliphatic rings. The number of carbonyl (C=O) groups excluding carboxylic acids is 3. The van der Waals surface area contributed by atoms with Crippen molar-refractivity contribution >= 4 is 17.8 Å². The van der Waals surface area contributed by atoms with Gasteiger partial charge < -0.3 is 24.3 Å². The van der Waals surface area contributed by atoms with Gasteiger partial charge in [0.2, 0.25) is 5.75 Å². The van der Waals surface area contributed by atoms with Crippen molar-refractivity contribution in [3.63, 3.8) is 0 Å². The lowest BCUT2D eigenvalue weighted by molar-refractivity contribution is -0.156. The third-order valence-electron chi connectivity index (χ3n) is 7.56. The number of methoxy groups -OCH3 is 1. The van der Waals surface area contributed by atoms with E-state index in [-0.39, 0.29) is 29.2 Å². The van der Waals surface area contributed by atoms with E-state index in [2.05, 4.69) is 10.3 Å². The van der Waals surface area contributed by atoms with Crippen molar-refractivity contribution in [1.82, 2.24) is 10.3 Å². The number of aromatic nitrogens is 1. The highest BCUT2D eigenvalue weighted by atomic mass is 16.6. The fraction of sp³-hybridized carbons (Fsp3) is 0.533. The van der Waals surface area contributed by atoms with E-state index >= 15 is 0 Å². The van der Waals surface area contributed by atoms with Crippen LogP contribution in [0.4, 0.5) is 0 Å². The van der Waals surface area contributed by atoms with E-state index in [1.807, 2.05) is 37.3 Å². The first-order valence-electron chi connectivity index (χ1n) is 13.8. The average Bonchev–Trinajstić information content (AvgIpc) is 3.44. The highest BCUT2D eigenvalue weighted by molar-refractivity contribution is 5.98. The second kappa shape index (κ2) is 13.4. The number of nitrogens with one attached hydrogen (secondary N) is 1. The molecule has 1 aliphatic heterocycles. The zero-order valence-electron chi connectivity index (χ0n) is 22.9. The summed E-state index contributed by atoms with van der Waals surface area (Å²) in [5.41, 5.74) is -0.144. The van der Waals surface area contributed by atoms with Crippen LogP contribution in [0, 0.1) is 11.8 Å². The molecule has 0 spiro atoms. The van der Waals surface area contributed by atoms with Gasteiger partial charge >= 0.3 is 11.9 Å². The predicted octanol–water partition coefficient (Wildman–Crippen LogP) is 4.87. The maximum atomic E-state index is 13.3. The van der Waals surface area contributed by atoms with Gasteiger partial charge in [0.05, 0.1) is 7.11 Å². The maximum absolute atomic E-state index is 13.3. The zero-order valence-corrected chi connectivity index (χ0v) is 22.9. The Morgan fingerprint density at radius 2 is 1.79 bits per heavy atom. The standard InChI is InChI=1S/C30H38N2O7/c1-19-27(39-23-13-5-4-6-14-23)22(18-21-10-7-8-11-21)12-9-15-24(30(35)37-19)32-29(34)26-28(38-20(2)33)25(36-3)16-17-31-26/h4-6,13-14,16-17,19,21-22,24,27H,7-12,15,18H2,1-3H3,(H,32,34)/t19-,22+,24-,27-/m0/s1. The third-order valence-corrected chi connectivity index (χ3v) is 7.56. The first-order chi connectivity index (χ1) is 18.9. The number of hydrogen-bond acceptors (Lipinski definition) is 8. The Morgan fingerprint density at radius 3 is 2.49 bits per heavy atom. The van der Waals surface area contributed by atoms with Crippen molar-refractivity contribution in [3.05, 3.63) is 48.3 Å². The molecule has 4 atom stereocenters. The summed E-state index contributed by atoms with van der Waals surface area (Å²) in [5, 5.41) is 2.75. The highest BCUT2D eigenvalue weighted by Gasteiger charge is 2.37. The molecule has 1 saturated heterocycles. The number of pyridine rings is 1. The number of para-hydroxylation sites is 1. The van der Waals surface area contributed by atoms with E-state index in [0.717, 1.165) is 18.6 Å². The van der Waals surface area contributed by atoms with Crippen LogP contribution in [0.1, 0.15) is 75.7 Å². The van der Waals surface area contributed by atoms with Crippen LogP contribution >= 0.6 is 0 Å². The van der Waals surface area contributed by atoms with Crippen LogP contribution in [0.15, 0.2) is 42.6 Å². The molecule has 210 valence electrons. The fourth-order valence-electron chi connectivity index (χ4n) is 5.71. The molecule has 1 amide bonds. The summed E-state index contributed by atoms with van der Waals surface area (Å²) in [7, 11) is 1.40.